The number of anilines is 1. The molecule has 1 aromatic rings. The van der Waals surface area contributed by atoms with Crippen LogP contribution in [0.5, 0.6) is 0 Å². The zero-order valence-electron chi connectivity index (χ0n) is 22.3. The fourth-order valence-electron chi connectivity index (χ4n) is 6.21. The molecule has 35 heavy (non-hydrogen) atoms. The first kappa shape index (κ1) is 27.0. The van der Waals surface area contributed by atoms with Crippen molar-refractivity contribution in [2.45, 2.75) is 97.8 Å². The molecule has 1 aliphatic heterocycles. The zero-order valence-corrected chi connectivity index (χ0v) is 22.3. The lowest BCUT2D eigenvalue weighted by Gasteiger charge is -2.45. The second kappa shape index (κ2) is 11.0. The van der Waals surface area contributed by atoms with E-state index < -0.39 is 23.6 Å². The van der Waals surface area contributed by atoms with Crippen molar-refractivity contribution in [3.8, 4) is 0 Å². The zero-order chi connectivity index (χ0) is 25.9. The molecule has 1 aliphatic carbocycles. The van der Waals surface area contributed by atoms with Gasteiger partial charge in [0.25, 0.3) is 0 Å². The van der Waals surface area contributed by atoms with Gasteiger partial charge in [0, 0.05) is 11.7 Å². The van der Waals surface area contributed by atoms with Gasteiger partial charge in [-0.05, 0) is 82.4 Å². The Kier molecular flexibility index (Phi) is 8.50. The third-order valence-electron chi connectivity index (χ3n) is 7.57. The summed E-state index contributed by atoms with van der Waals surface area (Å²) in [4.78, 5) is 43.0. The van der Waals surface area contributed by atoms with Gasteiger partial charge in [-0.3, -0.25) is 14.5 Å². The van der Waals surface area contributed by atoms with Crippen LogP contribution in [-0.4, -0.2) is 47.0 Å². The number of rotatable bonds is 5. The quantitative estimate of drug-likeness (QED) is 0.591. The van der Waals surface area contributed by atoms with E-state index in [-0.39, 0.29) is 18.5 Å². The number of benzene rings is 1. The van der Waals surface area contributed by atoms with Crippen molar-refractivity contribution in [1.82, 2.24) is 4.90 Å². The normalized spacial score (nSPS) is 27.8. The summed E-state index contributed by atoms with van der Waals surface area (Å²) in [5, 5.41) is 0. The number of nitrogens with zero attached hydrogens (tertiary/aromatic N) is 2. The van der Waals surface area contributed by atoms with E-state index in [1.54, 1.807) is 11.0 Å². The molecular weight excluding hydrogens is 442 g/mol. The predicted molar refractivity (Wildman–Crippen MR) is 138 cm³/mol. The molecule has 2 N–H and O–H groups in total. The Labute approximate surface area is 210 Å². The summed E-state index contributed by atoms with van der Waals surface area (Å²) < 4.78 is 5.62. The molecule has 7 nitrogen and oxygen atoms in total. The van der Waals surface area contributed by atoms with Gasteiger partial charge in [0.15, 0.2) is 0 Å². The minimum absolute atomic E-state index is 0.0717. The maximum atomic E-state index is 14.2. The molecule has 4 atom stereocenters. The molecule has 2 aliphatic rings. The highest BCUT2D eigenvalue weighted by atomic mass is 16.6. The Morgan fingerprint density at radius 1 is 1.09 bits per heavy atom. The summed E-state index contributed by atoms with van der Waals surface area (Å²) in [6.45, 7) is 11.8. The van der Waals surface area contributed by atoms with Gasteiger partial charge in [0.05, 0.1) is 0 Å². The standard InChI is InChI=1S/C28H43N3O4/c1-18-10-7-13-21(16-18)31(27(29)34)23-15-9-14-22(25-19(2)11-8-12-20(25)3)30(26(23)33)17-24(32)35-28(4,5)6/h7,10,13,16,19-20,22-23,25H,8-9,11-12,14-15,17H2,1-6H3,(H2,29,34). The molecule has 1 saturated carbocycles. The second-order valence-electron chi connectivity index (χ2n) is 11.6. The van der Waals surface area contributed by atoms with E-state index in [4.69, 9.17) is 10.5 Å². The minimum Gasteiger partial charge on any atom is -0.459 e. The van der Waals surface area contributed by atoms with Crippen LogP contribution < -0.4 is 10.6 Å². The van der Waals surface area contributed by atoms with Crippen molar-refractivity contribution in [1.29, 1.82) is 0 Å². The smallest absolute Gasteiger partial charge is 0.326 e. The maximum absolute atomic E-state index is 14.2. The van der Waals surface area contributed by atoms with Gasteiger partial charge in [-0.1, -0.05) is 45.2 Å². The molecule has 1 heterocycles. The van der Waals surface area contributed by atoms with Crippen molar-refractivity contribution in [2.75, 3.05) is 11.4 Å². The molecule has 3 rings (SSSR count). The summed E-state index contributed by atoms with van der Waals surface area (Å²) in [5.41, 5.74) is 6.77. The SMILES string of the molecule is Cc1cccc(N(C(N)=O)C2CCCC(C3C(C)CCCC3C)N(CC(=O)OC(C)(C)C)C2=O)c1. The van der Waals surface area contributed by atoms with Crippen LogP contribution in [0.2, 0.25) is 0 Å². The largest absolute Gasteiger partial charge is 0.459 e. The molecule has 0 aromatic heterocycles. The van der Waals surface area contributed by atoms with Crippen molar-refractivity contribution >= 4 is 23.6 Å². The summed E-state index contributed by atoms with van der Waals surface area (Å²) in [7, 11) is 0. The number of aryl methyl sites for hydroxylation is 1. The van der Waals surface area contributed by atoms with E-state index in [9.17, 15) is 14.4 Å². The van der Waals surface area contributed by atoms with Gasteiger partial charge in [-0.25, -0.2) is 4.79 Å². The topological polar surface area (TPSA) is 92.9 Å². The first-order chi connectivity index (χ1) is 16.4. The fraction of sp³-hybridized carbons (Fsp3) is 0.679. The highest BCUT2D eigenvalue weighted by Gasteiger charge is 2.45. The van der Waals surface area contributed by atoms with Gasteiger partial charge >= 0.3 is 12.0 Å². The first-order valence-corrected chi connectivity index (χ1v) is 13.1. The maximum Gasteiger partial charge on any atom is 0.326 e. The number of nitrogens with two attached hydrogens (primary N) is 1. The van der Waals surface area contributed by atoms with Crippen molar-refractivity contribution < 1.29 is 19.1 Å². The van der Waals surface area contributed by atoms with Crippen LogP contribution in [-0.2, 0) is 14.3 Å². The lowest BCUT2D eigenvalue weighted by Crippen LogP contribution is -2.57. The average molecular weight is 486 g/mol. The number of likely N-dealkylation sites (tertiary alicyclic amines) is 1. The first-order valence-electron chi connectivity index (χ1n) is 13.1. The highest BCUT2D eigenvalue weighted by Crippen LogP contribution is 2.41. The third kappa shape index (κ3) is 6.56. The number of esters is 1. The van der Waals surface area contributed by atoms with Crippen LogP contribution in [0.4, 0.5) is 10.5 Å². The number of ether oxygens (including phenoxy) is 1. The van der Waals surface area contributed by atoms with E-state index >= 15 is 0 Å². The van der Waals surface area contributed by atoms with E-state index in [1.807, 2.05) is 45.9 Å². The number of carbonyl (C=O) groups is 3. The lowest BCUT2D eigenvalue weighted by atomic mass is 9.69. The number of primary amides is 1. The number of carbonyl (C=O) groups excluding carboxylic acids is 3. The number of amides is 3. The van der Waals surface area contributed by atoms with Gasteiger partial charge in [-0.15, -0.1) is 0 Å². The molecule has 4 unspecified atom stereocenters. The van der Waals surface area contributed by atoms with Gasteiger partial charge in [-0.2, -0.15) is 0 Å². The third-order valence-corrected chi connectivity index (χ3v) is 7.57. The monoisotopic (exact) mass is 485 g/mol. The van der Waals surface area contributed by atoms with E-state index in [0.717, 1.165) is 31.2 Å². The molecule has 0 bridgehead atoms. The lowest BCUT2D eigenvalue weighted by molar-refractivity contribution is -0.161. The van der Waals surface area contributed by atoms with Crippen molar-refractivity contribution in [3.63, 3.8) is 0 Å². The Morgan fingerprint density at radius 2 is 1.71 bits per heavy atom. The second-order valence-corrected chi connectivity index (χ2v) is 11.6. The molecule has 0 spiro atoms. The average Bonchev–Trinajstić information content (AvgIpc) is 2.87. The molecule has 1 aromatic carbocycles. The number of urea groups is 1. The Hall–Kier alpha value is -2.57. The predicted octanol–water partition coefficient (Wildman–Crippen LogP) is 5.04. The van der Waals surface area contributed by atoms with Crippen LogP contribution in [0.15, 0.2) is 24.3 Å². The number of hydrogen-bond donors (Lipinski definition) is 1. The van der Waals surface area contributed by atoms with Crippen LogP contribution >= 0.6 is 0 Å². The summed E-state index contributed by atoms with van der Waals surface area (Å²) >= 11 is 0. The molecule has 2 fully saturated rings. The fourth-order valence-corrected chi connectivity index (χ4v) is 6.21. The Morgan fingerprint density at radius 3 is 2.29 bits per heavy atom. The van der Waals surface area contributed by atoms with E-state index in [1.165, 1.54) is 11.3 Å². The molecule has 1 saturated heterocycles. The Bertz CT molecular complexity index is 915. The van der Waals surface area contributed by atoms with Crippen LogP contribution in [0.25, 0.3) is 0 Å². The summed E-state index contributed by atoms with van der Waals surface area (Å²) in [6.07, 6.45) is 5.52. The van der Waals surface area contributed by atoms with Crippen LogP contribution in [0, 0.1) is 24.7 Å². The van der Waals surface area contributed by atoms with E-state index in [2.05, 4.69) is 13.8 Å². The molecular formula is C28H43N3O4. The van der Waals surface area contributed by atoms with Crippen molar-refractivity contribution in [2.24, 2.45) is 23.5 Å². The summed E-state index contributed by atoms with van der Waals surface area (Å²) in [5.74, 6) is 0.573. The minimum atomic E-state index is -0.754. The molecule has 0 radical (unpaired) electrons. The van der Waals surface area contributed by atoms with Gasteiger partial charge < -0.3 is 15.4 Å². The molecule has 194 valence electrons. The van der Waals surface area contributed by atoms with Crippen LogP contribution in [0.1, 0.15) is 78.7 Å². The molecule has 3 amide bonds. The molecule has 7 heteroatoms. The van der Waals surface area contributed by atoms with Crippen LogP contribution in [0.3, 0.4) is 0 Å². The van der Waals surface area contributed by atoms with E-state index in [0.29, 0.717) is 29.9 Å². The Balaban J connectivity index is 2.00. The number of hydrogen-bond acceptors (Lipinski definition) is 4. The highest BCUT2D eigenvalue weighted by molar-refractivity contribution is 6.00. The summed E-state index contributed by atoms with van der Waals surface area (Å²) in [6, 6.07) is 5.97. The van der Waals surface area contributed by atoms with Gasteiger partial charge in [0.2, 0.25) is 5.91 Å². The van der Waals surface area contributed by atoms with Gasteiger partial charge in [0.1, 0.15) is 18.2 Å². The van der Waals surface area contributed by atoms with Crippen molar-refractivity contribution in [3.05, 3.63) is 29.8 Å².